The van der Waals surface area contributed by atoms with Crippen molar-refractivity contribution in [3.8, 4) is 11.5 Å². The Hall–Kier alpha value is -2.13. The number of hydrogen-bond acceptors (Lipinski definition) is 7. The number of thiophene rings is 1. The van der Waals surface area contributed by atoms with Crippen LogP contribution in [0.15, 0.2) is 35.7 Å². The zero-order chi connectivity index (χ0) is 22.9. The van der Waals surface area contributed by atoms with Gasteiger partial charge in [0.25, 0.3) is 0 Å². The molecule has 0 aliphatic carbocycles. The number of hydrogen-bond donors (Lipinski definition) is 1. The Labute approximate surface area is 194 Å². The SMILES string of the molecule is CCCN(CC(=O)N1CCc2sccc2C1COc1ccccc1OC)CC(O)COC. The van der Waals surface area contributed by atoms with Crippen LogP contribution in [-0.2, 0) is 16.0 Å². The van der Waals surface area contributed by atoms with Crippen LogP contribution >= 0.6 is 11.3 Å². The van der Waals surface area contributed by atoms with E-state index in [9.17, 15) is 9.90 Å². The van der Waals surface area contributed by atoms with Crippen LogP contribution in [0, 0.1) is 0 Å². The number of fused-ring (bicyclic) bond motifs is 1. The van der Waals surface area contributed by atoms with Crippen LogP contribution in [0.4, 0.5) is 0 Å². The molecule has 32 heavy (non-hydrogen) atoms. The number of carbonyl (C=O) groups is 1. The second-order valence-corrected chi connectivity index (χ2v) is 8.96. The molecule has 8 heteroatoms. The monoisotopic (exact) mass is 462 g/mol. The quantitative estimate of drug-likeness (QED) is 0.523. The zero-order valence-corrected chi connectivity index (χ0v) is 20.0. The molecule has 2 heterocycles. The van der Waals surface area contributed by atoms with Crippen LogP contribution < -0.4 is 9.47 Å². The number of benzene rings is 1. The first kappa shape index (κ1) is 24.5. The first-order valence-electron chi connectivity index (χ1n) is 11.1. The molecule has 2 atom stereocenters. The second kappa shape index (κ2) is 12.2. The molecule has 2 unspecified atom stereocenters. The van der Waals surface area contributed by atoms with Crippen LogP contribution in [-0.4, -0.2) is 80.5 Å². The summed E-state index contributed by atoms with van der Waals surface area (Å²) in [6.45, 7) is 4.76. The van der Waals surface area contributed by atoms with Gasteiger partial charge in [0.1, 0.15) is 6.61 Å². The van der Waals surface area contributed by atoms with Gasteiger partial charge in [-0.1, -0.05) is 19.1 Å². The molecular formula is C24H34N2O5S. The Kier molecular flexibility index (Phi) is 9.35. The van der Waals surface area contributed by atoms with E-state index in [1.807, 2.05) is 34.1 Å². The molecule has 1 N–H and O–H groups in total. The van der Waals surface area contributed by atoms with Crippen LogP contribution in [0.5, 0.6) is 11.5 Å². The number of amides is 1. The lowest BCUT2D eigenvalue weighted by Crippen LogP contribution is -2.48. The number of para-hydroxylation sites is 2. The minimum atomic E-state index is -0.617. The molecule has 1 aromatic carbocycles. The van der Waals surface area contributed by atoms with Crippen LogP contribution in [0.2, 0.25) is 0 Å². The average molecular weight is 463 g/mol. The standard InChI is InChI=1S/C24H34N2O5S/c1-4-11-25(14-18(27)16-29-2)15-24(28)26-12-9-23-19(10-13-32-23)20(26)17-31-22-8-6-5-7-21(22)30-3/h5-8,10,13,18,20,27H,4,9,11-12,14-17H2,1-3H3. The number of carbonyl (C=O) groups excluding carboxylic acids is 1. The second-order valence-electron chi connectivity index (χ2n) is 7.96. The number of aliphatic hydroxyl groups is 1. The van der Waals surface area contributed by atoms with Gasteiger partial charge >= 0.3 is 0 Å². The molecule has 0 spiro atoms. The van der Waals surface area contributed by atoms with Gasteiger partial charge in [0.2, 0.25) is 5.91 Å². The Balaban J connectivity index is 1.73. The van der Waals surface area contributed by atoms with Crippen molar-refractivity contribution in [3.63, 3.8) is 0 Å². The van der Waals surface area contributed by atoms with Gasteiger partial charge in [-0.2, -0.15) is 0 Å². The number of nitrogens with zero attached hydrogens (tertiary/aromatic N) is 2. The predicted molar refractivity (Wildman–Crippen MR) is 126 cm³/mol. The summed E-state index contributed by atoms with van der Waals surface area (Å²) in [7, 11) is 3.19. The van der Waals surface area contributed by atoms with Gasteiger partial charge in [0, 0.05) is 25.1 Å². The minimum absolute atomic E-state index is 0.0496. The van der Waals surface area contributed by atoms with E-state index < -0.39 is 6.10 Å². The average Bonchev–Trinajstić information content (AvgIpc) is 3.27. The summed E-state index contributed by atoms with van der Waals surface area (Å²) >= 11 is 1.73. The maximum Gasteiger partial charge on any atom is 0.237 e. The van der Waals surface area contributed by atoms with Gasteiger partial charge in [0.15, 0.2) is 11.5 Å². The molecule has 0 radical (unpaired) electrons. The highest BCUT2D eigenvalue weighted by Gasteiger charge is 2.33. The van der Waals surface area contributed by atoms with E-state index >= 15 is 0 Å². The predicted octanol–water partition coefficient (Wildman–Crippen LogP) is 2.98. The molecule has 1 aliphatic rings. The molecule has 1 aromatic heterocycles. The summed E-state index contributed by atoms with van der Waals surface area (Å²) in [5, 5.41) is 12.2. The largest absolute Gasteiger partial charge is 0.493 e. The van der Waals surface area contributed by atoms with Crippen molar-refractivity contribution in [1.82, 2.24) is 9.80 Å². The highest BCUT2D eigenvalue weighted by atomic mass is 32.1. The van der Waals surface area contributed by atoms with Gasteiger partial charge in [-0.3, -0.25) is 9.69 Å². The number of ether oxygens (including phenoxy) is 3. The number of rotatable bonds is 12. The summed E-state index contributed by atoms with van der Waals surface area (Å²) in [6, 6.07) is 9.49. The Morgan fingerprint density at radius 1 is 1.28 bits per heavy atom. The van der Waals surface area contributed by atoms with E-state index in [-0.39, 0.29) is 25.1 Å². The third-order valence-electron chi connectivity index (χ3n) is 5.61. The van der Waals surface area contributed by atoms with Gasteiger partial charge in [-0.05, 0) is 48.5 Å². The first-order valence-corrected chi connectivity index (χ1v) is 12.0. The smallest absolute Gasteiger partial charge is 0.237 e. The van der Waals surface area contributed by atoms with Crippen molar-refractivity contribution in [1.29, 1.82) is 0 Å². The van der Waals surface area contributed by atoms with Crippen molar-refractivity contribution >= 4 is 17.2 Å². The Morgan fingerprint density at radius 3 is 2.78 bits per heavy atom. The van der Waals surface area contributed by atoms with Crippen molar-refractivity contribution in [2.75, 3.05) is 53.6 Å². The third-order valence-corrected chi connectivity index (χ3v) is 6.60. The van der Waals surface area contributed by atoms with Crippen LogP contribution in [0.25, 0.3) is 0 Å². The fourth-order valence-electron chi connectivity index (χ4n) is 4.16. The summed E-state index contributed by atoms with van der Waals surface area (Å²) < 4.78 is 16.6. The lowest BCUT2D eigenvalue weighted by atomic mass is 10.0. The molecule has 0 fully saturated rings. The maximum absolute atomic E-state index is 13.4. The number of aliphatic hydroxyl groups excluding tert-OH is 1. The summed E-state index contributed by atoms with van der Waals surface area (Å²) in [6.07, 6.45) is 1.14. The van der Waals surface area contributed by atoms with E-state index in [1.165, 1.54) is 4.88 Å². The highest BCUT2D eigenvalue weighted by Crippen LogP contribution is 2.35. The third kappa shape index (κ3) is 6.22. The van der Waals surface area contributed by atoms with E-state index in [2.05, 4.69) is 18.4 Å². The normalized spacial score (nSPS) is 16.7. The van der Waals surface area contributed by atoms with Crippen LogP contribution in [0.3, 0.4) is 0 Å². The van der Waals surface area contributed by atoms with E-state index in [0.717, 1.165) is 24.9 Å². The molecule has 176 valence electrons. The zero-order valence-electron chi connectivity index (χ0n) is 19.2. The van der Waals surface area contributed by atoms with Gasteiger partial charge < -0.3 is 24.2 Å². The minimum Gasteiger partial charge on any atom is -0.493 e. The van der Waals surface area contributed by atoms with Gasteiger partial charge in [-0.15, -0.1) is 11.3 Å². The van der Waals surface area contributed by atoms with E-state index in [0.29, 0.717) is 31.2 Å². The molecule has 0 saturated carbocycles. The Bertz CT molecular complexity index is 858. The Morgan fingerprint density at radius 2 is 2.06 bits per heavy atom. The van der Waals surface area contributed by atoms with Crippen molar-refractivity contribution in [3.05, 3.63) is 46.2 Å². The highest BCUT2D eigenvalue weighted by molar-refractivity contribution is 7.10. The van der Waals surface area contributed by atoms with Gasteiger partial charge in [0.05, 0.1) is 32.4 Å². The summed E-state index contributed by atoms with van der Waals surface area (Å²) in [5.74, 6) is 1.39. The fraction of sp³-hybridized carbons (Fsp3) is 0.542. The summed E-state index contributed by atoms with van der Waals surface area (Å²) in [5.41, 5.74) is 1.16. The molecule has 2 aromatic rings. The van der Waals surface area contributed by atoms with E-state index in [1.54, 1.807) is 25.6 Å². The fourth-order valence-corrected chi connectivity index (χ4v) is 5.09. The van der Waals surface area contributed by atoms with Gasteiger partial charge in [-0.25, -0.2) is 0 Å². The lowest BCUT2D eigenvalue weighted by molar-refractivity contribution is -0.136. The van der Waals surface area contributed by atoms with Crippen molar-refractivity contribution in [2.24, 2.45) is 0 Å². The van der Waals surface area contributed by atoms with Crippen LogP contribution in [0.1, 0.15) is 29.8 Å². The topological polar surface area (TPSA) is 71.5 Å². The summed E-state index contributed by atoms with van der Waals surface area (Å²) in [4.78, 5) is 18.6. The van der Waals surface area contributed by atoms with E-state index in [4.69, 9.17) is 14.2 Å². The van der Waals surface area contributed by atoms with Crippen molar-refractivity contribution in [2.45, 2.75) is 31.9 Å². The molecular weight excluding hydrogens is 428 g/mol. The molecule has 0 saturated heterocycles. The van der Waals surface area contributed by atoms with Crippen molar-refractivity contribution < 1.29 is 24.1 Å². The first-order chi connectivity index (χ1) is 15.6. The maximum atomic E-state index is 13.4. The lowest BCUT2D eigenvalue weighted by Gasteiger charge is -2.37. The molecule has 0 bridgehead atoms. The molecule has 1 aliphatic heterocycles. The number of methoxy groups -OCH3 is 2. The molecule has 7 nitrogen and oxygen atoms in total. The molecule has 3 rings (SSSR count). The molecule has 1 amide bonds.